The van der Waals surface area contributed by atoms with Crippen molar-refractivity contribution < 1.29 is 0 Å². The zero-order valence-electron chi connectivity index (χ0n) is 37.4. The van der Waals surface area contributed by atoms with Crippen molar-refractivity contribution in [2.75, 3.05) is 4.90 Å². The molecule has 1 heteroatoms. The first-order chi connectivity index (χ1) is 33.1. The summed E-state index contributed by atoms with van der Waals surface area (Å²) in [5.41, 5.74) is 21.6. The summed E-state index contributed by atoms with van der Waals surface area (Å²) in [5.74, 6) is 0. The Kier molecular flexibility index (Phi) is 10.0. The molecule has 12 rings (SSSR count). The number of benzene rings is 11. The average molecular weight is 854 g/mol. The normalized spacial score (nSPS) is 13.8. The van der Waals surface area contributed by atoms with Crippen LogP contribution in [0.5, 0.6) is 0 Å². The van der Waals surface area contributed by atoms with E-state index < -0.39 is 0 Å². The number of anilines is 3. The molecule has 0 N–H and O–H groups in total. The third-order valence-corrected chi connectivity index (χ3v) is 14.0. The molecule has 1 atom stereocenters. The molecule has 67 heavy (non-hydrogen) atoms. The standard InChI is InChI=1S/C66H47N/c1-66(55-25-6-3-7-26-55)63-33-11-10-30-62(63)65-61(32-16-34-64(65)66)50-39-41-56(42-40-50)67(58-28-14-24-54(45-58)52-22-12-21-51(43-52)46-17-4-2-5-18-46)57-27-13-23-53(44-57)47-35-37-49(38-36-47)60-31-15-20-48-19-8-9-29-59(48)60/h2-45H,1H3. The van der Waals surface area contributed by atoms with Crippen LogP contribution in [0.2, 0.25) is 0 Å². The Morgan fingerprint density at radius 1 is 0.284 bits per heavy atom. The van der Waals surface area contributed by atoms with Crippen LogP contribution in [0.3, 0.4) is 0 Å². The molecule has 0 spiro atoms. The Morgan fingerprint density at radius 3 is 1.48 bits per heavy atom. The smallest absolute Gasteiger partial charge is 0.0467 e. The zero-order chi connectivity index (χ0) is 44.7. The Morgan fingerprint density at radius 2 is 0.731 bits per heavy atom. The predicted octanol–water partition coefficient (Wildman–Crippen LogP) is 18.0. The van der Waals surface area contributed by atoms with Gasteiger partial charge in [-0.1, -0.05) is 224 Å². The summed E-state index contributed by atoms with van der Waals surface area (Å²) < 4.78 is 0. The molecular formula is C66H47N. The van der Waals surface area contributed by atoms with Gasteiger partial charge in [0.25, 0.3) is 0 Å². The van der Waals surface area contributed by atoms with Crippen LogP contribution in [-0.4, -0.2) is 0 Å². The number of nitrogens with zero attached hydrogens (tertiary/aromatic N) is 1. The van der Waals surface area contributed by atoms with Gasteiger partial charge in [0.1, 0.15) is 0 Å². The molecule has 316 valence electrons. The van der Waals surface area contributed by atoms with Crippen LogP contribution in [0.1, 0.15) is 23.6 Å². The minimum absolute atomic E-state index is 0.257. The lowest BCUT2D eigenvalue weighted by molar-refractivity contribution is 0.714. The lowest BCUT2D eigenvalue weighted by atomic mass is 9.74. The van der Waals surface area contributed by atoms with Gasteiger partial charge in [-0.3, -0.25) is 0 Å². The average Bonchev–Trinajstić information content (AvgIpc) is 3.68. The fourth-order valence-electron chi connectivity index (χ4n) is 10.6. The second-order valence-corrected chi connectivity index (χ2v) is 17.8. The molecule has 0 amide bonds. The highest BCUT2D eigenvalue weighted by Gasteiger charge is 2.41. The first-order valence-corrected chi connectivity index (χ1v) is 23.2. The highest BCUT2D eigenvalue weighted by atomic mass is 15.1. The maximum Gasteiger partial charge on any atom is 0.0467 e. The van der Waals surface area contributed by atoms with Crippen LogP contribution in [0.4, 0.5) is 17.1 Å². The summed E-state index contributed by atoms with van der Waals surface area (Å²) in [6, 6.07) is 97.6. The fourth-order valence-corrected chi connectivity index (χ4v) is 10.6. The molecule has 0 fully saturated rings. The second kappa shape index (κ2) is 16.8. The van der Waals surface area contributed by atoms with Crippen LogP contribution in [0.25, 0.3) is 77.5 Å². The van der Waals surface area contributed by atoms with Crippen LogP contribution in [-0.2, 0) is 5.41 Å². The molecule has 1 unspecified atom stereocenters. The lowest BCUT2D eigenvalue weighted by Crippen LogP contribution is -2.22. The molecule has 1 aliphatic carbocycles. The SMILES string of the molecule is CC1(c2ccccc2)c2ccccc2-c2c(-c3ccc(N(c4cccc(-c5ccc(-c6cccc7ccccc67)cc5)c4)c4cccc(-c5cccc(-c6ccccc6)c5)c4)cc3)cccc21. The number of hydrogen-bond acceptors (Lipinski definition) is 1. The zero-order valence-corrected chi connectivity index (χ0v) is 37.4. The minimum atomic E-state index is -0.257. The van der Waals surface area contributed by atoms with Crippen LogP contribution < -0.4 is 4.90 Å². The molecule has 0 saturated heterocycles. The molecule has 0 saturated carbocycles. The Bertz CT molecular complexity index is 3570. The van der Waals surface area contributed by atoms with Gasteiger partial charge in [-0.25, -0.2) is 0 Å². The summed E-state index contributed by atoms with van der Waals surface area (Å²) >= 11 is 0. The highest BCUT2D eigenvalue weighted by Crippen LogP contribution is 2.55. The lowest BCUT2D eigenvalue weighted by Gasteiger charge is -2.28. The van der Waals surface area contributed by atoms with Gasteiger partial charge in [0.05, 0.1) is 0 Å². The van der Waals surface area contributed by atoms with Gasteiger partial charge >= 0.3 is 0 Å². The maximum atomic E-state index is 2.40. The van der Waals surface area contributed by atoms with E-state index >= 15 is 0 Å². The largest absolute Gasteiger partial charge is 0.310 e. The number of fused-ring (bicyclic) bond motifs is 4. The van der Waals surface area contributed by atoms with Crippen LogP contribution in [0, 0.1) is 0 Å². The summed E-state index contributed by atoms with van der Waals surface area (Å²) in [6.45, 7) is 2.39. The van der Waals surface area contributed by atoms with Crippen molar-refractivity contribution in [1.29, 1.82) is 0 Å². The first kappa shape index (κ1) is 40.0. The molecule has 0 aliphatic heterocycles. The number of rotatable bonds is 9. The van der Waals surface area contributed by atoms with E-state index in [-0.39, 0.29) is 5.41 Å². The van der Waals surface area contributed by atoms with E-state index in [1.807, 2.05) is 0 Å². The maximum absolute atomic E-state index is 2.40. The number of hydrogen-bond donors (Lipinski definition) is 0. The predicted molar refractivity (Wildman–Crippen MR) is 283 cm³/mol. The van der Waals surface area contributed by atoms with Crippen molar-refractivity contribution in [3.05, 3.63) is 284 Å². The van der Waals surface area contributed by atoms with Crippen LogP contribution in [0.15, 0.2) is 267 Å². The van der Waals surface area contributed by atoms with Gasteiger partial charge in [-0.05, 0) is 144 Å². The van der Waals surface area contributed by atoms with E-state index in [0.717, 1.165) is 28.2 Å². The van der Waals surface area contributed by atoms with Crippen molar-refractivity contribution >= 4 is 27.8 Å². The third kappa shape index (κ3) is 7.13. The van der Waals surface area contributed by atoms with E-state index in [9.17, 15) is 0 Å². The molecule has 1 nitrogen and oxygen atoms in total. The van der Waals surface area contributed by atoms with E-state index in [1.54, 1.807) is 0 Å². The van der Waals surface area contributed by atoms with E-state index in [2.05, 4.69) is 279 Å². The topological polar surface area (TPSA) is 3.24 Å². The first-order valence-electron chi connectivity index (χ1n) is 23.2. The highest BCUT2D eigenvalue weighted by molar-refractivity contribution is 5.97. The van der Waals surface area contributed by atoms with Gasteiger partial charge in [0, 0.05) is 22.5 Å². The third-order valence-electron chi connectivity index (χ3n) is 14.0. The van der Waals surface area contributed by atoms with Crippen molar-refractivity contribution in [3.8, 4) is 66.8 Å². The van der Waals surface area contributed by atoms with Gasteiger partial charge < -0.3 is 4.90 Å². The second-order valence-electron chi connectivity index (χ2n) is 17.8. The van der Waals surface area contributed by atoms with Crippen molar-refractivity contribution in [3.63, 3.8) is 0 Å². The van der Waals surface area contributed by atoms with Crippen molar-refractivity contribution in [2.24, 2.45) is 0 Å². The van der Waals surface area contributed by atoms with Gasteiger partial charge in [-0.15, -0.1) is 0 Å². The van der Waals surface area contributed by atoms with E-state index in [0.29, 0.717) is 0 Å². The molecule has 0 aromatic heterocycles. The van der Waals surface area contributed by atoms with E-state index in [1.165, 1.54) is 83.1 Å². The molecule has 0 heterocycles. The summed E-state index contributed by atoms with van der Waals surface area (Å²) in [7, 11) is 0. The van der Waals surface area contributed by atoms with Crippen LogP contribution >= 0.6 is 0 Å². The Labute approximate surface area is 393 Å². The molecule has 11 aromatic carbocycles. The molecule has 11 aromatic rings. The Hall–Kier alpha value is -8.52. The Balaban J connectivity index is 0.953. The van der Waals surface area contributed by atoms with E-state index in [4.69, 9.17) is 0 Å². The van der Waals surface area contributed by atoms with Crippen molar-refractivity contribution in [1.82, 2.24) is 0 Å². The van der Waals surface area contributed by atoms with Crippen molar-refractivity contribution in [2.45, 2.75) is 12.3 Å². The fraction of sp³-hybridized carbons (Fsp3) is 0.0303. The molecule has 0 radical (unpaired) electrons. The molecular weight excluding hydrogens is 807 g/mol. The minimum Gasteiger partial charge on any atom is -0.310 e. The summed E-state index contributed by atoms with van der Waals surface area (Å²) in [4.78, 5) is 2.40. The monoisotopic (exact) mass is 853 g/mol. The molecule has 0 bridgehead atoms. The molecule has 1 aliphatic rings. The quantitative estimate of drug-likeness (QED) is 0.140. The summed E-state index contributed by atoms with van der Waals surface area (Å²) in [5, 5.41) is 2.52. The summed E-state index contributed by atoms with van der Waals surface area (Å²) in [6.07, 6.45) is 0. The van der Waals surface area contributed by atoms with Gasteiger partial charge in [-0.2, -0.15) is 0 Å². The van der Waals surface area contributed by atoms with Gasteiger partial charge in [0.15, 0.2) is 0 Å². The van der Waals surface area contributed by atoms with Gasteiger partial charge in [0.2, 0.25) is 0 Å².